The number of rotatable bonds is 3. The molecule has 7 heteroatoms. The molecule has 20 heavy (non-hydrogen) atoms. The lowest BCUT2D eigenvalue weighted by Crippen LogP contribution is -2.06. The Kier molecular flexibility index (Phi) is 4.61. The minimum atomic E-state index is -0.562. The third-order valence-corrected chi connectivity index (χ3v) is 3.49. The van der Waals surface area contributed by atoms with Crippen LogP contribution < -0.4 is 10.5 Å². The number of benzene rings is 1. The van der Waals surface area contributed by atoms with E-state index >= 15 is 0 Å². The molecule has 0 aliphatic rings. The van der Waals surface area contributed by atoms with Crippen molar-refractivity contribution in [3.05, 3.63) is 45.0 Å². The molecule has 2 rings (SSSR count). The Hall–Kier alpha value is -1.60. The number of hydrogen-bond donors (Lipinski definition) is 1. The van der Waals surface area contributed by atoms with Crippen LogP contribution in [-0.2, 0) is 4.74 Å². The van der Waals surface area contributed by atoms with Crippen LogP contribution in [0.4, 0.5) is 5.69 Å². The molecular weight excluding hydrogens is 392 g/mol. The van der Waals surface area contributed by atoms with Gasteiger partial charge in [-0.1, -0.05) is 15.9 Å². The van der Waals surface area contributed by atoms with Crippen LogP contribution in [-0.4, -0.2) is 18.1 Å². The van der Waals surface area contributed by atoms with Crippen molar-refractivity contribution in [3.8, 4) is 11.6 Å². The van der Waals surface area contributed by atoms with E-state index in [-0.39, 0.29) is 11.4 Å². The van der Waals surface area contributed by atoms with Gasteiger partial charge < -0.3 is 15.2 Å². The first kappa shape index (κ1) is 14.8. The van der Waals surface area contributed by atoms with Crippen molar-refractivity contribution >= 4 is 43.5 Å². The lowest BCUT2D eigenvalue weighted by Gasteiger charge is -2.10. The first-order chi connectivity index (χ1) is 9.51. The van der Waals surface area contributed by atoms with Crippen molar-refractivity contribution in [2.45, 2.75) is 0 Å². The number of nitrogens with two attached hydrogens (primary N) is 1. The van der Waals surface area contributed by atoms with Crippen molar-refractivity contribution in [1.82, 2.24) is 4.98 Å². The van der Waals surface area contributed by atoms with Crippen molar-refractivity contribution < 1.29 is 14.3 Å². The van der Waals surface area contributed by atoms with Crippen molar-refractivity contribution in [2.75, 3.05) is 12.8 Å². The molecule has 0 fully saturated rings. The van der Waals surface area contributed by atoms with Crippen LogP contribution in [0.5, 0.6) is 11.6 Å². The fourth-order valence-electron chi connectivity index (χ4n) is 1.47. The number of nitrogens with zero attached hydrogens (tertiary/aromatic N) is 1. The Morgan fingerprint density at radius 3 is 2.70 bits per heavy atom. The van der Waals surface area contributed by atoms with Crippen LogP contribution in [0.3, 0.4) is 0 Å². The molecule has 0 atom stereocenters. The zero-order valence-corrected chi connectivity index (χ0v) is 13.6. The summed E-state index contributed by atoms with van der Waals surface area (Å²) in [6.45, 7) is 0. The minimum absolute atomic E-state index is 0.133. The van der Waals surface area contributed by atoms with Crippen molar-refractivity contribution in [3.63, 3.8) is 0 Å². The number of hydrogen-bond acceptors (Lipinski definition) is 5. The second kappa shape index (κ2) is 6.23. The molecule has 2 N–H and O–H groups in total. The quantitative estimate of drug-likeness (QED) is 0.792. The van der Waals surface area contributed by atoms with Gasteiger partial charge in [0.05, 0.1) is 23.5 Å². The topological polar surface area (TPSA) is 74.4 Å². The second-order valence-corrected chi connectivity index (χ2v) is 5.56. The Labute approximate surface area is 132 Å². The molecule has 0 bridgehead atoms. The lowest BCUT2D eigenvalue weighted by atomic mass is 10.2. The molecule has 0 amide bonds. The van der Waals surface area contributed by atoms with Gasteiger partial charge in [0, 0.05) is 4.47 Å². The molecule has 0 unspecified atom stereocenters. The zero-order chi connectivity index (χ0) is 14.7. The predicted molar refractivity (Wildman–Crippen MR) is 81.9 cm³/mol. The number of ether oxygens (including phenoxy) is 2. The molecular formula is C13H10Br2N2O3. The Balaban J connectivity index is 2.40. The highest BCUT2D eigenvalue weighted by Crippen LogP contribution is 2.33. The fraction of sp³-hybridized carbons (Fsp3) is 0.0769. The van der Waals surface area contributed by atoms with Gasteiger partial charge in [-0.15, -0.1) is 0 Å². The molecule has 1 aromatic carbocycles. The van der Waals surface area contributed by atoms with Gasteiger partial charge in [0.2, 0.25) is 5.88 Å². The van der Waals surface area contributed by atoms with Crippen LogP contribution >= 0.6 is 31.9 Å². The monoisotopic (exact) mass is 400 g/mol. The number of methoxy groups -OCH3 is 1. The van der Waals surface area contributed by atoms with Crippen molar-refractivity contribution in [2.24, 2.45) is 0 Å². The third kappa shape index (κ3) is 3.29. The summed E-state index contributed by atoms with van der Waals surface area (Å²) in [6, 6.07) is 6.84. The third-order valence-electron chi connectivity index (χ3n) is 2.38. The van der Waals surface area contributed by atoms with E-state index in [0.29, 0.717) is 11.4 Å². The maximum Gasteiger partial charge on any atom is 0.343 e. The fourth-order valence-corrected chi connectivity index (χ4v) is 2.60. The molecule has 2 aromatic rings. The Morgan fingerprint density at radius 2 is 2.05 bits per heavy atom. The standard InChI is InChI=1S/C13H10Br2N2O3/c1-19-13(18)9-5-8(16)6-17-12(9)20-11-3-2-7(14)4-10(11)15/h2-6H,16H2,1H3. The van der Waals surface area contributed by atoms with Gasteiger partial charge in [0.1, 0.15) is 11.3 Å². The molecule has 0 radical (unpaired) electrons. The molecule has 0 saturated heterocycles. The minimum Gasteiger partial charge on any atom is -0.465 e. The Morgan fingerprint density at radius 1 is 1.30 bits per heavy atom. The lowest BCUT2D eigenvalue weighted by molar-refractivity contribution is 0.0597. The molecule has 5 nitrogen and oxygen atoms in total. The van der Waals surface area contributed by atoms with Crippen LogP contribution in [0.15, 0.2) is 39.4 Å². The average Bonchev–Trinajstić information content (AvgIpc) is 2.42. The predicted octanol–water partition coefficient (Wildman–Crippen LogP) is 3.77. The highest BCUT2D eigenvalue weighted by atomic mass is 79.9. The van der Waals surface area contributed by atoms with E-state index in [1.165, 1.54) is 19.4 Å². The largest absolute Gasteiger partial charge is 0.465 e. The molecule has 0 aliphatic carbocycles. The highest BCUT2D eigenvalue weighted by molar-refractivity contribution is 9.11. The van der Waals surface area contributed by atoms with Crippen LogP contribution in [0.2, 0.25) is 0 Å². The summed E-state index contributed by atoms with van der Waals surface area (Å²) in [6.07, 6.45) is 1.41. The van der Waals surface area contributed by atoms with E-state index in [2.05, 4.69) is 41.6 Å². The van der Waals surface area contributed by atoms with E-state index in [4.69, 9.17) is 10.5 Å². The van der Waals surface area contributed by atoms with Gasteiger partial charge in [-0.05, 0) is 40.2 Å². The van der Waals surface area contributed by atoms with Crippen molar-refractivity contribution in [1.29, 1.82) is 0 Å². The van der Waals surface area contributed by atoms with E-state index in [0.717, 1.165) is 8.95 Å². The number of pyridine rings is 1. The van der Waals surface area contributed by atoms with E-state index < -0.39 is 5.97 Å². The molecule has 1 aromatic heterocycles. The summed E-state index contributed by atoms with van der Waals surface area (Å²) in [7, 11) is 1.28. The summed E-state index contributed by atoms with van der Waals surface area (Å²) in [5.74, 6) is 0.0951. The summed E-state index contributed by atoms with van der Waals surface area (Å²) in [5, 5.41) is 0. The van der Waals surface area contributed by atoms with Gasteiger partial charge in [-0.25, -0.2) is 9.78 Å². The molecule has 0 saturated carbocycles. The maximum atomic E-state index is 11.7. The van der Waals surface area contributed by atoms with Gasteiger partial charge in [0.15, 0.2) is 0 Å². The summed E-state index contributed by atoms with van der Waals surface area (Å²) >= 11 is 6.72. The first-order valence-corrected chi connectivity index (χ1v) is 7.06. The van der Waals surface area contributed by atoms with Crippen LogP contribution in [0.1, 0.15) is 10.4 Å². The number of carbonyl (C=O) groups excluding carboxylic acids is 1. The molecule has 0 spiro atoms. The van der Waals surface area contributed by atoms with Gasteiger partial charge in [-0.3, -0.25) is 0 Å². The van der Waals surface area contributed by atoms with Gasteiger partial charge >= 0.3 is 5.97 Å². The number of carbonyl (C=O) groups is 1. The van der Waals surface area contributed by atoms with E-state index in [1.807, 2.05) is 12.1 Å². The van der Waals surface area contributed by atoms with Gasteiger partial charge in [-0.2, -0.15) is 0 Å². The first-order valence-electron chi connectivity index (χ1n) is 5.48. The number of halogens is 2. The van der Waals surface area contributed by atoms with Crippen LogP contribution in [0.25, 0.3) is 0 Å². The Bertz CT molecular complexity index is 662. The SMILES string of the molecule is COC(=O)c1cc(N)cnc1Oc1ccc(Br)cc1Br. The number of esters is 1. The highest BCUT2D eigenvalue weighted by Gasteiger charge is 2.17. The molecule has 0 aliphatic heterocycles. The van der Waals surface area contributed by atoms with Crippen LogP contribution in [0, 0.1) is 0 Å². The smallest absolute Gasteiger partial charge is 0.343 e. The zero-order valence-electron chi connectivity index (χ0n) is 10.4. The molecule has 104 valence electrons. The average molecular weight is 402 g/mol. The van der Waals surface area contributed by atoms with Gasteiger partial charge in [0.25, 0.3) is 0 Å². The second-order valence-electron chi connectivity index (χ2n) is 3.79. The normalized spacial score (nSPS) is 10.2. The summed E-state index contributed by atoms with van der Waals surface area (Å²) < 4.78 is 11.9. The number of aromatic nitrogens is 1. The number of anilines is 1. The number of nitrogen functional groups attached to an aromatic ring is 1. The van der Waals surface area contributed by atoms with E-state index in [9.17, 15) is 4.79 Å². The molecule has 1 heterocycles. The van der Waals surface area contributed by atoms with E-state index in [1.54, 1.807) is 6.07 Å². The summed E-state index contributed by atoms with van der Waals surface area (Å²) in [5.41, 5.74) is 6.14. The summed E-state index contributed by atoms with van der Waals surface area (Å²) in [4.78, 5) is 15.7. The maximum absolute atomic E-state index is 11.7.